The average Bonchev–Trinajstić information content (AvgIpc) is 2.31. The smallest absolute Gasteiger partial charge is 0.127 e. The molecule has 0 bridgehead atoms. The molecule has 5 heteroatoms. The molecule has 0 radical (unpaired) electrons. The molecular weight excluding hydrogens is 150 g/mol. The molecule has 0 spiro atoms. The van der Waals surface area contributed by atoms with Gasteiger partial charge in [-0.05, 0) is 0 Å². The molecule has 0 aliphatic carbocycles. The van der Waals surface area contributed by atoms with Crippen LogP contribution in [0.5, 0.6) is 0 Å². The molecule has 66 valence electrons. The van der Waals surface area contributed by atoms with Crippen molar-refractivity contribution in [3.05, 3.63) is 0 Å². The first-order valence-electron chi connectivity index (χ1n) is 3.49. The molecule has 0 aromatic heterocycles. The Morgan fingerprint density at radius 1 is 1.45 bits per heavy atom. The molecular formula is C6H13NO4. The quantitative estimate of drug-likeness (QED) is 0.300. The highest BCUT2D eigenvalue weighted by Gasteiger charge is 2.45. The summed E-state index contributed by atoms with van der Waals surface area (Å²) in [5.74, 6) is 0. The summed E-state index contributed by atoms with van der Waals surface area (Å²) in [5, 5.41) is 38.7. The van der Waals surface area contributed by atoms with Gasteiger partial charge in [-0.25, -0.2) is 0 Å². The van der Waals surface area contributed by atoms with E-state index >= 15 is 0 Å². The molecule has 1 fully saturated rings. The first kappa shape index (κ1) is 8.89. The lowest BCUT2D eigenvalue weighted by Gasteiger charge is -2.24. The summed E-state index contributed by atoms with van der Waals surface area (Å²) in [5.41, 5.74) is -1.49. The van der Waals surface area contributed by atoms with E-state index < -0.39 is 24.4 Å². The second-order valence-electron chi connectivity index (χ2n) is 2.88. The molecule has 0 unspecified atom stereocenters. The fourth-order valence-electron chi connectivity index (χ4n) is 1.21. The van der Waals surface area contributed by atoms with Crippen molar-refractivity contribution in [2.24, 2.45) is 0 Å². The molecule has 0 aromatic rings. The molecule has 0 saturated carbocycles. The molecule has 5 N–H and O–H groups in total. The number of nitrogens with one attached hydrogen (secondary N) is 1. The van der Waals surface area contributed by atoms with Crippen LogP contribution in [0.1, 0.15) is 0 Å². The van der Waals surface area contributed by atoms with Gasteiger partial charge in [0.1, 0.15) is 11.7 Å². The standard InChI is InChI=1S/C6H13NO4/c8-1-4-5(10)6(11,3-9)2-7-4/h4-5,7-11H,1-3H2/t4-,5-,6+/m1/s1. The highest BCUT2D eigenvalue weighted by Crippen LogP contribution is 2.18. The zero-order valence-electron chi connectivity index (χ0n) is 6.06. The zero-order chi connectivity index (χ0) is 8.48. The monoisotopic (exact) mass is 163 g/mol. The normalized spacial score (nSPS) is 44.7. The minimum absolute atomic E-state index is 0.107. The molecule has 0 aromatic carbocycles. The van der Waals surface area contributed by atoms with Gasteiger partial charge in [0.2, 0.25) is 0 Å². The second-order valence-corrected chi connectivity index (χ2v) is 2.88. The predicted octanol–water partition coefficient (Wildman–Crippen LogP) is -2.97. The first-order valence-corrected chi connectivity index (χ1v) is 3.49. The largest absolute Gasteiger partial charge is 0.395 e. The average molecular weight is 163 g/mol. The highest BCUT2D eigenvalue weighted by molar-refractivity contribution is 5.01. The minimum Gasteiger partial charge on any atom is -0.395 e. The van der Waals surface area contributed by atoms with Gasteiger partial charge < -0.3 is 25.7 Å². The van der Waals surface area contributed by atoms with E-state index in [1.54, 1.807) is 0 Å². The lowest BCUT2D eigenvalue weighted by atomic mass is 9.98. The SMILES string of the molecule is OC[C@H]1NC[C@](O)(CO)[C@@H]1O. The lowest BCUT2D eigenvalue weighted by molar-refractivity contribution is -0.0842. The Labute approximate surface area is 64.3 Å². The van der Waals surface area contributed by atoms with Crippen molar-refractivity contribution >= 4 is 0 Å². The Morgan fingerprint density at radius 3 is 2.36 bits per heavy atom. The molecule has 0 amide bonds. The summed E-state index contributed by atoms with van der Waals surface area (Å²) in [7, 11) is 0. The molecule has 1 rings (SSSR count). The molecule has 1 saturated heterocycles. The number of hydrogen-bond acceptors (Lipinski definition) is 5. The van der Waals surface area contributed by atoms with Crippen LogP contribution < -0.4 is 5.32 Å². The fourth-order valence-corrected chi connectivity index (χ4v) is 1.21. The van der Waals surface area contributed by atoms with E-state index in [-0.39, 0.29) is 13.2 Å². The number of β-amino-alcohol motifs (C(OH)–C–C–N with tert-alkyl or cyclic N) is 1. The maximum Gasteiger partial charge on any atom is 0.127 e. The topological polar surface area (TPSA) is 93.0 Å². The third-order valence-corrected chi connectivity index (χ3v) is 2.07. The Hall–Kier alpha value is -0.200. The molecule has 5 nitrogen and oxygen atoms in total. The summed E-state index contributed by atoms with van der Waals surface area (Å²) in [4.78, 5) is 0. The first-order chi connectivity index (χ1) is 5.14. The molecule has 3 atom stereocenters. The van der Waals surface area contributed by atoms with Gasteiger partial charge in [0.25, 0.3) is 0 Å². The molecule has 1 heterocycles. The van der Waals surface area contributed by atoms with Crippen molar-refractivity contribution in [2.75, 3.05) is 19.8 Å². The van der Waals surface area contributed by atoms with Crippen LogP contribution in [-0.2, 0) is 0 Å². The summed E-state index contributed by atoms with van der Waals surface area (Å²) in [6, 6.07) is -0.535. The zero-order valence-corrected chi connectivity index (χ0v) is 6.06. The van der Waals surface area contributed by atoms with Crippen molar-refractivity contribution in [1.29, 1.82) is 0 Å². The maximum absolute atomic E-state index is 9.40. The van der Waals surface area contributed by atoms with Crippen LogP contribution in [0, 0.1) is 0 Å². The van der Waals surface area contributed by atoms with E-state index in [0.717, 1.165) is 0 Å². The maximum atomic E-state index is 9.40. The van der Waals surface area contributed by atoms with Gasteiger partial charge in [0.15, 0.2) is 0 Å². The van der Waals surface area contributed by atoms with Crippen LogP contribution in [0.15, 0.2) is 0 Å². The highest BCUT2D eigenvalue weighted by atomic mass is 16.4. The van der Waals surface area contributed by atoms with Gasteiger partial charge in [0.05, 0.1) is 19.3 Å². The van der Waals surface area contributed by atoms with Gasteiger partial charge >= 0.3 is 0 Å². The van der Waals surface area contributed by atoms with Gasteiger partial charge in [-0.1, -0.05) is 0 Å². The van der Waals surface area contributed by atoms with Crippen LogP contribution >= 0.6 is 0 Å². The van der Waals surface area contributed by atoms with Crippen LogP contribution in [0.4, 0.5) is 0 Å². The van der Waals surface area contributed by atoms with Gasteiger partial charge in [-0.2, -0.15) is 0 Å². The second kappa shape index (κ2) is 3.04. The molecule has 1 aliphatic rings. The van der Waals surface area contributed by atoms with Crippen molar-refractivity contribution < 1.29 is 20.4 Å². The van der Waals surface area contributed by atoms with E-state index in [1.165, 1.54) is 0 Å². The van der Waals surface area contributed by atoms with Crippen molar-refractivity contribution in [1.82, 2.24) is 5.32 Å². The number of aliphatic hydroxyl groups excluding tert-OH is 3. The van der Waals surface area contributed by atoms with Crippen molar-refractivity contribution in [3.8, 4) is 0 Å². The Morgan fingerprint density at radius 2 is 2.09 bits per heavy atom. The summed E-state index contributed by atoms with van der Waals surface area (Å²) in [6.45, 7) is -0.642. The van der Waals surface area contributed by atoms with Gasteiger partial charge in [-0.3, -0.25) is 0 Å². The third kappa shape index (κ3) is 1.38. The van der Waals surface area contributed by atoms with E-state index in [4.69, 9.17) is 10.2 Å². The van der Waals surface area contributed by atoms with Crippen LogP contribution in [0.2, 0.25) is 0 Å². The van der Waals surface area contributed by atoms with E-state index in [1.807, 2.05) is 0 Å². The van der Waals surface area contributed by atoms with Crippen molar-refractivity contribution in [2.45, 2.75) is 17.7 Å². The van der Waals surface area contributed by atoms with E-state index in [0.29, 0.717) is 0 Å². The number of aliphatic hydroxyl groups is 4. The van der Waals surface area contributed by atoms with E-state index in [2.05, 4.69) is 5.32 Å². The fraction of sp³-hybridized carbons (Fsp3) is 1.00. The van der Waals surface area contributed by atoms with Gasteiger partial charge in [0, 0.05) is 6.54 Å². The number of rotatable bonds is 2. The summed E-state index contributed by atoms with van der Waals surface area (Å²) in [6.07, 6.45) is -1.10. The van der Waals surface area contributed by atoms with Crippen LogP contribution in [-0.4, -0.2) is 57.9 Å². The molecule has 11 heavy (non-hydrogen) atoms. The Kier molecular flexibility index (Phi) is 2.46. The predicted molar refractivity (Wildman–Crippen MR) is 36.9 cm³/mol. The van der Waals surface area contributed by atoms with Crippen LogP contribution in [0.25, 0.3) is 0 Å². The molecule has 1 aliphatic heterocycles. The van der Waals surface area contributed by atoms with Gasteiger partial charge in [-0.15, -0.1) is 0 Å². The summed E-state index contributed by atoms with van der Waals surface area (Å²) < 4.78 is 0. The lowest BCUT2D eigenvalue weighted by Crippen LogP contribution is -2.47. The van der Waals surface area contributed by atoms with Crippen molar-refractivity contribution in [3.63, 3.8) is 0 Å². The summed E-state index contributed by atoms with van der Waals surface area (Å²) >= 11 is 0. The Balaban J connectivity index is 2.61. The third-order valence-electron chi connectivity index (χ3n) is 2.07. The van der Waals surface area contributed by atoms with Crippen LogP contribution in [0.3, 0.4) is 0 Å². The Bertz CT molecular complexity index is 143. The van der Waals surface area contributed by atoms with E-state index in [9.17, 15) is 10.2 Å². The minimum atomic E-state index is -1.49. The number of hydrogen-bond donors (Lipinski definition) is 5.